The first-order valence-electron chi connectivity index (χ1n) is 11.0. The Balaban J connectivity index is 1.54. The van der Waals surface area contributed by atoms with Gasteiger partial charge in [0.05, 0.1) is 17.9 Å². The van der Waals surface area contributed by atoms with Crippen LogP contribution in [0.2, 0.25) is 0 Å². The Kier molecular flexibility index (Phi) is 7.35. The van der Waals surface area contributed by atoms with Crippen molar-refractivity contribution >= 4 is 11.8 Å². The number of carbonyl (C=O) groups is 2. The Bertz CT molecular complexity index is 1150. The second kappa shape index (κ2) is 11.0. The molecule has 0 saturated carbocycles. The predicted octanol–water partition coefficient (Wildman–Crippen LogP) is 3.29. The highest BCUT2D eigenvalue weighted by Gasteiger charge is 2.28. The summed E-state index contributed by atoms with van der Waals surface area (Å²) >= 11 is 0. The van der Waals surface area contributed by atoms with E-state index in [1.807, 2.05) is 60.7 Å². The highest BCUT2D eigenvalue weighted by Crippen LogP contribution is 2.25. The highest BCUT2D eigenvalue weighted by molar-refractivity contribution is 5.92. The first-order valence-corrected chi connectivity index (χ1v) is 11.0. The van der Waals surface area contributed by atoms with Gasteiger partial charge in [0.25, 0.3) is 0 Å². The Morgan fingerprint density at radius 3 is 2.03 bits per heavy atom. The van der Waals surface area contributed by atoms with Crippen molar-refractivity contribution < 1.29 is 14.7 Å². The van der Waals surface area contributed by atoms with Crippen LogP contribution in [0.1, 0.15) is 28.3 Å². The van der Waals surface area contributed by atoms with Crippen LogP contribution in [-0.4, -0.2) is 32.9 Å². The van der Waals surface area contributed by atoms with Crippen molar-refractivity contribution in [1.29, 1.82) is 0 Å². The number of carbonyl (C=O) groups excluding carboxylic acids is 2. The number of phenolic OH excluding ortho intramolecular Hbond substituents is 1. The maximum absolute atomic E-state index is 13.6. The van der Waals surface area contributed by atoms with Crippen LogP contribution in [0.5, 0.6) is 5.75 Å². The van der Waals surface area contributed by atoms with Crippen LogP contribution >= 0.6 is 0 Å². The van der Waals surface area contributed by atoms with Crippen molar-refractivity contribution in [3.8, 4) is 5.75 Å². The molecule has 1 aromatic heterocycles. The zero-order valence-corrected chi connectivity index (χ0v) is 18.5. The number of phenols is 1. The fraction of sp³-hybridized carbons (Fsp3) is 0.148. The number of imidazole rings is 1. The van der Waals surface area contributed by atoms with Crippen LogP contribution < -0.4 is 10.6 Å². The quantitative estimate of drug-likeness (QED) is 0.311. The molecule has 7 heteroatoms. The summed E-state index contributed by atoms with van der Waals surface area (Å²) in [7, 11) is 0. The second-order valence-electron chi connectivity index (χ2n) is 7.96. The summed E-state index contributed by atoms with van der Waals surface area (Å²) in [4.78, 5) is 33.8. The molecule has 3 aromatic carbocycles. The molecular formula is C27H26N4O3. The Morgan fingerprint density at radius 1 is 0.853 bits per heavy atom. The van der Waals surface area contributed by atoms with Gasteiger partial charge >= 0.3 is 0 Å². The maximum Gasteiger partial charge on any atom is 0.243 e. The largest absolute Gasteiger partial charge is 0.508 e. The van der Waals surface area contributed by atoms with Gasteiger partial charge in [0.2, 0.25) is 11.8 Å². The summed E-state index contributed by atoms with van der Waals surface area (Å²) in [6.45, 7) is 0.271. The molecule has 0 aliphatic rings. The van der Waals surface area contributed by atoms with E-state index in [0.717, 1.165) is 16.7 Å². The van der Waals surface area contributed by atoms with E-state index in [2.05, 4.69) is 20.6 Å². The van der Waals surface area contributed by atoms with Crippen LogP contribution in [0.25, 0.3) is 0 Å². The summed E-state index contributed by atoms with van der Waals surface area (Å²) in [6, 6.07) is 24.8. The first kappa shape index (κ1) is 22.8. The first-order chi connectivity index (χ1) is 16.6. The number of benzene rings is 3. The minimum atomic E-state index is -0.817. The number of hydrogen-bond acceptors (Lipinski definition) is 4. The van der Waals surface area contributed by atoms with E-state index in [9.17, 15) is 14.7 Å². The molecular weight excluding hydrogens is 428 g/mol. The fourth-order valence-corrected chi connectivity index (χ4v) is 3.79. The number of nitrogens with zero attached hydrogens (tertiary/aromatic N) is 1. The van der Waals surface area contributed by atoms with Crippen molar-refractivity contribution in [2.24, 2.45) is 0 Å². The van der Waals surface area contributed by atoms with E-state index in [-0.39, 0.29) is 30.5 Å². The van der Waals surface area contributed by atoms with Gasteiger partial charge in [-0.2, -0.15) is 0 Å². The summed E-state index contributed by atoms with van der Waals surface area (Å²) in [6.07, 6.45) is 3.49. The third-order valence-corrected chi connectivity index (χ3v) is 5.53. The van der Waals surface area contributed by atoms with Gasteiger partial charge in [-0.1, -0.05) is 72.8 Å². The molecule has 0 unspecified atom stereocenters. The lowest BCUT2D eigenvalue weighted by Gasteiger charge is -2.23. The number of aromatic hydroxyl groups is 1. The molecule has 1 atom stereocenters. The third-order valence-electron chi connectivity index (χ3n) is 5.53. The van der Waals surface area contributed by atoms with Crippen LogP contribution in [0.4, 0.5) is 0 Å². The van der Waals surface area contributed by atoms with Crippen molar-refractivity contribution in [2.45, 2.75) is 24.9 Å². The summed E-state index contributed by atoms with van der Waals surface area (Å²) in [5.41, 5.74) is 3.19. The molecule has 0 spiro atoms. The molecule has 0 aliphatic carbocycles. The van der Waals surface area contributed by atoms with Gasteiger partial charge < -0.3 is 20.7 Å². The number of H-pyrrole nitrogens is 1. The topological polar surface area (TPSA) is 107 Å². The van der Waals surface area contributed by atoms with E-state index in [1.165, 1.54) is 0 Å². The van der Waals surface area contributed by atoms with E-state index in [4.69, 9.17) is 0 Å². The number of aromatic nitrogens is 2. The van der Waals surface area contributed by atoms with E-state index in [1.54, 1.807) is 36.8 Å². The molecule has 0 fully saturated rings. The number of nitrogens with one attached hydrogen (secondary N) is 3. The number of amides is 2. The van der Waals surface area contributed by atoms with E-state index in [0.29, 0.717) is 5.69 Å². The van der Waals surface area contributed by atoms with E-state index < -0.39 is 12.0 Å². The van der Waals surface area contributed by atoms with Crippen molar-refractivity contribution in [3.05, 3.63) is 120 Å². The van der Waals surface area contributed by atoms with Crippen molar-refractivity contribution in [2.75, 3.05) is 0 Å². The Labute approximate surface area is 197 Å². The van der Waals surface area contributed by atoms with Gasteiger partial charge in [-0.05, 0) is 28.8 Å². The standard InChI is InChI=1S/C27H26N4O3/c32-23-13-11-19(12-14-23)16-29-26(33)24(15-22-17-28-18-30-22)31-27(34)25(20-7-3-1-4-8-20)21-9-5-2-6-10-21/h1-14,17-18,24-25,32H,15-16H2,(H,28,30)(H,29,33)(H,31,34)/t24-/m1/s1. The average molecular weight is 455 g/mol. The molecule has 7 nitrogen and oxygen atoms in total. The molecule has 0 radical (unpaired) electrons. The van der Waals surface area contributed by atoms with Crippen molar-refractivity contribution in [3.63, 3.8) is 0 Å². The fourth-order valence-electron chi connectivity index (χ4n) is 3.79. The molecule has 172 valence electrons. The molecule has 2 amide bonds. The molecule has 0 bridgehead atoms. The molecule has 0 saturated heterocycles. The lowest BCUT2D eigenvalue weighted by Crippen LogP contribution is -2.49. The normalized spacial score (nSPS) is 11.7. The maximum atomic E-state index is 13.6. The van der Waals surface area contributed by atoms with Gasteiger partial charge in [-0.25, -0.2) is 4.98 Å². The Hall–Kier alpha value is -4.39. The van der Waals surface area contributed by atoms with Crippen LogP contribution in [0.3, 0.4) is 0 Å². The molecule has 0 aliphatic heterocycles. The average Bonchev–Trinajstić information content (AvgIpc) is 3.38. The van der Waals surface area contributed by atoms with Gasteiger partial charge in [-0.15, -0.1) is 0 Å². The molecule has 4 N–H and O–H groups in total. The SMILES string of the molecule is O=C(N[C@H](Cc1c[nH]cn1)C(=O)NCc1ccc(O)cc1)C(c1ccccc1)c1ccccc1. The molecule has 1 heterocycles. The van der Waals surface area contributed by atoms with Gasteiger partial charge in [-0.3, -0.25) is 9.59 Å². The number of aromatic amines is 1. The molecule has 4 rings (SSSR count). The summed E-state index contributed by atoms with van der Waals surface area (Å²) in [5, 5.41) is 15.3. The Morgan fingerprint density at radius 2 is 1.47 bits per heavy atom. The number of hydrogen-bond donors (Lipinski definition) is 4. The minimum absolute atomic E-state index is 0.159. The van der Waals surface area contributed by atoms with Crippen LogP contribution in [0.15, 0.2) is 97.5 Å². The molecule has 34 heavy (non-hydrogen) atoms. The van der Waals surface area contributed by atoms with Gasteiger partial charge in [0, 0.05) is 19.2 Å². The highest BCUT2D eigenvalue weighted by atomic mass is 16.3. The predicted molar refractivity (Wildman–Crippen MR) is 129 cm³/mol. The van der Waals surface area contributed by atoms with Crippen LogP contribution in [0, 0.1) is 0 Å². The lowest BCUT2D eigenvalue weighted by atomic mass is 9.90. The summed E-state index contributed by atoms with van der Waals surface area (Å²) in [5.74, 6) is -0.984. The van der Waals surface area contributed by atoms with Crippen molar-refractivity contribution in [1.82, 2.24) is 20.6 Å². The number of rotatable bonds is 9. The van der Waals surface area contributed by atoms with Gasteiger partial charge in [0.1, 0.15) is 11.8 Å². The minimum Gasteiger partial charge on any atom is -0.508 e. The smallest absolute Gasteiger partial charge is 0.243 e. The monoisotopic (exact) mass is 454 g/mol. The van der Waals surface area contributed by atoms with Crippen LogP contribution in [-0.2, 0) is 22.6 Å². The zero-order chi connectivity index (χ0) is 23.8. The zero-order valence-electron chi connectivity index (χ0n) is 18.5. The molecule has 4 aromatic rings. The lowest BCUT2D eigenvalue weighted by molar-refractivity contribution is -0.129. The third kappa shape index (κ3) is 5.89. The van der Waals surface area contributed by atoms with Gasteiger partial charge in [0.15, 0.2) is 0 Å². The summed E-state index contributed by atoms with van der Waals surface area (Å²) < 4.78 is 0. The van der Waals surface area contributed by atoms with E-state index >= 15 is 0 Å². The second-order valence-corrected chi connectivity index (χ2v) is 7.96.